The van der Waals surface area contributed by atoms with E-state index in [9.17, 15) is 9.59 Å². The molecule has 1 aliphatic carbocycles. The number of hydrogen-bond acceptors (Lipinski definition) is 3. The van der Waals surface area contributed by atoms with E-state index in [-0.39, 0.29) is 24.7 Å². The second kappa shape index (κ2) is 6.86. The smallest absolute Gasteiger partial charge is 0.317 e. The molecule has 0 aromatic carbocycles. The Morgan fingerprint density at radius 2 is 1.86 bits per heavy atom. The van der Waals surface area contributed by atoms with Gasteiger partial charge in [0.25, 0.3) is 0 Å². The number of likely N-dealkylation sites (N-methyl/N-ethyl adjacent to an activating group) is 1. The molecule has 1 aliphatic heterocycles. The fraction of sp³-hybridized carbons (Fsp3) is 0.875. The van der Waals surface area contributed by atoms with E-state index in [1.54, 1.807) is 0 Å². The van der Waals surface area contributed by atoms with E-state index in [1.165, 1.54) is 0 Å². The summed E-state index contributed by atoms with van der Waals surface area (Å²) in [6.07, 6.45) is 3.81. The number of amides is 2. The lowest BCUT2D eigenvalue weighted by Crippen LogP contribution is -2.57. The summed E-state index contributed by atoms with van der Waals surface area (Å²) in [6.45, 7) is 8.96. The van der Waals surface area contributed by atoms with Crippen LogP contribution in [0.4, 0.5) is 4.79 Å². The van der Waals surface area contributed by atoms with E-state index in [2.05, 4.69) is 19.2 Å². The number of nitrogens with zero attached hydrogens (tertiary/aromatic N) is 2. The number of nitrogens with one attached hydrogen (secondary N) is 1. The molecule has 0 spiro atoms. The highest BCUT2D eigenvalue weighted by molar-refractivity contribution is 5.74. The molecule has 2 fully saturated rings. The number of urea groups is 1. The van der Waals surface area contributed by atoms with Crippen LogP contribution in [-0.4, -0.2) is 65.2 Å². The number of carbonyl (C=O) groups excluding carboxylic acids is 1. The first-order chi connectivity index (χ1) is 10.3. The molecule has 2 rings (SSSR count). The molecule has 0 aromatic rings. The Morgan fingerprint density at radius 1 is 1.27 bits per heavy atom. The second-order valence-corrected chi connectivity index (χ2v) is 7.38. The van der Waals surface area contributed by atoms with Crippen LogP contribution in [0.5, 0.6) is 0 Å². The van der Waals surface area contributed by atoms with E-state index in [1.807, 2.05) is 16.7 Å². The molecule has 0 aromatic heterocycles. The van der Waals surface area contributed by atoms with Crippen LogP contribution in [0.1, 0.15) is 46.5 Å². The Labute approximate surface area is 132 Å². The predicted molar refractivity (Wildman–Crippen MR) is 84.8 cm³/mol. The lowest BCUT2D eigenvalue weighted by molar-refractivity contribution is -0.139. The summed E-state index contributed by atoms with van der Waals surface area (Å²) in [5, 5.41) is 12.0. The maximum Gasteiger partial charge on any atom is 0.317 e. The molecule has 0 radical (unpaired) electrons. The second-order valence-electron chi connectivity index (χ2n) is 7.38. The summed E-state index contributed by atoms with van der Waals surface area (Å²) in [4.78, 5) is 26.9. The third-order valence-corrected chi connectivity index (χ3v) is 5.11. The molecular weight excluding hydrogens is 282 g/mol. The number of piperidine rings is 1. The summed E-state index contributed by atoms with van der Waals surface area (Å²) in [5.74, 6) is -0.787. The van der Waals surface area contributed by atoms with Gasteiger partial charge in [0.05, 0.1) is 6.54 Å². The molecule has 0 unspecified atom stereocenters. The summed E-state index contributed by atoms with van der Waals surface area (Å²) >= 11 is 0. The summed E-state index contributed by atoms with van der Waals surface area (Å²) < 4.78 is 0. The van der Waals surface area contributed by atoms with Crippen LogP contribution < -0.4 is 5.32 Å². The fourth-order valence-corrected chi connectivity index (χ4v) is 3.26. The molecule has 1 saturated carbocycles. The maximum atomic E-state index is 12.2. The molecule has 6 nitrogen and oxygen atoms in total. The molecule has 2 amide bonds. The Bertz CT molecular complexity index is 409. The summed E-state index contributed by atoms with van der Waals surface area (Å²) in [6, 6.07) is 0.516. The van der Waals surface area contributed by atoms with Crippen LogP contribution in [0, 0.1) is 5.41 Å². The summed E-state index contributed by atoms with van der Waals surface area (Å²) in [7, 11) is 0. The number of rotatable bonds is 5. The molecule has 1 saturated heterocycles. The first-order valence-corrected chi connectivity index (χ1v) is 8.32. The molecule has 0 bridgehead atoms. The SMILES string of the molecule is CCN(CC(=O)O)C1CC(NC(=O)N2CCC(C)(C)CC2)C1. The molecule has 2 N–H and O–H groups in total. The van der Waals surface area contributed by atoms with Crippen molar-refractivity contribution in [3.05, 3.63) is 0 Å². The van der Waals surface area contributed by atoms with Crippen molar-refractivity contribution in [1.29, 1.82) is 0 Å². The Balaban J connectivity index is 1.71. The minimum absolute atomic E-state index is 0.0419. The van der Waals surface area contributed by atoms with E-state index in [4.69, 9.17) is 5.11 Å². The summed E-state index contributed by atoms with van der Waals surface area (Å²) in [5.41, 5.74) is 0.344. The zero-order chi connectivity index (χ0) is 16.3. The third kappa shape index (κ3) is 4.35. The largest absolute Gasteiger partial charge is 0.480 e. The van der Waals surface area contributed by atoms with Crippen molar-refractivity contribution in [3.8, 4) is 0 Å². The highest BCUT2D eigenvalue weighted by Gasteiger charge is 2.36. The number of aliphatic carboxylic acids is 1. The van der Waals surface area contributed by atoms with E-state index in [0.717, 1.165) is 45.3 Å². The van der Waals surface area contributed by atoms with Crippen LogP contribution in [-0.2, 0) is 4.79 Å². The van der Waals surface area contributed by atoms with E-state index in [0.29, 0.717) is 5.41 Å². The van der Waals surface area contributed by atoms with Crippen molar-refractivity contribution in [2.45, 2.75) is 58.5 Å². The first-order valence-electron chi connectivity index (χ1n) is 8.32. The zero-order valence-corrected chi connectivity index (χ0v) is 14.0. The van der Waals surface area contributed by atoms with Crippen molar-refractivity contribution in [2.24, 2.45) is 5.41 Å². The van der Waals surface area contributed by atoms with Gasteiger partial charge >= 0.3 is 12.0 Å². The van der Waals surface area contributed by atoms with E-state index >= 15 is 0 Å². The molecule has 2 aliphatic rings. The van der Waals surface area contributed by atoms with Gasteiger partial charge in [-0.2, -0.15) is 0 Å². The third-order valence-electron chi connectivity index (χ3n) is 5.11. The molecule has 6 heteroatoms. The zero-order valence-electron chi connectivity index (χ0n) is 14.0. The van der Waals surface area contributed by atoms with Crippen molar-refractivity contribution >= 4 is 12.0 Å². The van der Waals surface area contributed by atoms with Gasteiger partial charge in [0.2, 0.25) is 0 Å². The van der Waals surface area contributed by atoms with Crippen LogP contribution in [0.3, 0.4) is 0 Å². The quantitative estimate of drug-likeness (QED) is 0.811. The lowest BCUT2D eigenvalue weighted by Gasteiger charge is -2.43. The van der Waals surface area contributed by atoms with Crippen molar-refractivity contribution in [2.75, 3.05) is 26.2 Å². The Hall–Kier alpha value is -1.30. The number of carboxylic acids is 1. The normalized spacial score (nSPS) is 27.4. The van der Waals surface area contributed by atoms with Crippen LogP contribution in [0.15, 0.2) is 0 Å². The highest BCUT2D eigenvalue weighted by Crippen LogP contribution is 2.30. The number of carboxylic acid groups (broad SMARTS) is 1. The first kappa shape index (κ1) is 17.1. The van der Waals surface area contributed by atoms with Crippen molar-refractivity contribution in [1.82, 2.24) is 15.1 Å². The van der Waals surface area contributed by atoms with Crippen molar-refractivity contribution in [3.63, 3.8) is 0 Å². The molecule has 22 heavy (non-hydrogen) atoms. The van der Waals surface area contributed by atoms with Gasteiger partial charge in [0, 0.05) is 25.2 Å². The van der Waals surface area contributed by atoms with Gasteiger partial charge < -0.3 is 15.3 Å². The fourth-order valence-electron chi connectivity index (χ4n) is 3.26. The van der Waals surface area contributed by atoms with Crippen LogP contribution in [0.2, 0.25) is 0 Å². The monoisotopic (exact) mass is 311 g/mol. The van der Waals surface area contributed by atoms with Gasteiger partial charge in [0.15, 0.2) is 0 Å². The highest BCUT2D eigenvalue weighted by atomic mass is 16.4. The van der Waals surface area contributed by atoms with Crippen molar-refractivity contribution < 1.29 is 14.7 Å². The minimum atomic E-state index is -0.787. The number of hydrogen-bond donors (Lipinski definition) is 2. The molecule has 0 atom stereocenters. The van der Waals surface area contributed by atoms with Gasteiger partial charge in [-0.05, 0) is 37.6 Å². The number of carbonyl (C=O) groups is 2. The van der Waals surface area contributed by atoms with Gasteiger partial charge in [0.1, 0.15) is 0 Å². The molecule has 1 heterocycles. The molecular formula is C16H29N3O3. The average molecular weight is 311 g/mol. The standard InChI is InChI=1S/C16H29N3O3/c1-4-18(11-14(20)21)13-9-12(10-13)17-15(22)19-7-5-16(2,3)6-8-19/h12-13H,4-11H2,1-3H3,(H,17,22)(H,20,21). The van der Waals surface area contributed by atoms with Gasteiger partial charge in [-0.3, -0.25) is 9.69 Å². The topological polar surface area (TPSA) is 72.9 Å². The average Bonchev–Trinajstić information content (AvgIpc) is 2.39. The minimum Gasteiger partial charge on any atom is -0.480 e. The van der Waals surface area contributed by atoms with E-state index < -0.39 is 5.97 Å². The van der Waals surface area contributed by atoms with Crippen LogP contribution in [0.25, 0.3) is 0 Å². The maximum absolute atomic E-state index is 12.2. The molecule has 126 valence electrons. The van der Waals surface area contributed by atoms with Gasteiger partial charge in [-0.1, -0.05) is 20.8 Å². The Kier molecular flexibility index (Phi) is 5.32. The van der Waals surface area contributed by atoms with Gasteiger partial charge in [-0.15, -0.1) is 0 Å². The predicted octanol–water partition coefficient (Wildman–Crippen LogP) is 1.76. The lowest BCUT2D eigenvalue weighted by atomic mass is 9.82. The Morgan fingerprint density at radius 3 is 2.36 bits per heavy atom. The number of likely N-dealkylation sites (tertiary alicyclic amines) is 1. The van der Waals surface area contributed by atoms with Crippen LogP contribution >= 0.6 is 0 Å². The van der Waals surface area contributed by atoms with Gasteiger partial charge in [-0.25, -0.2) is 4.79 Å².